The first-order valence-corrected chi connectivity index (χ1v) is 10.5. The van der Waals surface area contributed by atoms with Crippen molar-refractivity contribution < 1.29 is 18.7 Å². The van der Waals surface area contributed by atoms with E-state index in [2.05, 4.69) is 26.4 Å². The van der Waals surface area contributed by atoms with E-state index in [-0.39, 0.29) is 12.8 Å². The highest BCUT2D eigenvalue weighted by Gasteiger charge is 2.31. The molecule has 0 amide bonds. The second kappa shape index (κ2) is 8.91. The summed E-state index contributed by atoms with van der Waals surface area (Å²) in [5, 5.41) is 7.51. The van der Waals surface area contributed by atoms with Gasteiger partial charge >= 0.3 is 0 Å². The molecule has 1 fully saturated rings. The number of benzene rings is 1. The summed E-state index contributed by atoms with van der Waals surface area (Å²) in [6.07, 6.45) is 3.81. The number of aromatic nitrogens is 3. The fourth-order valence-corrected chi connectivity index (χ4v) is 4.05. The van der Waals surface area contributed by atoms with Gasteiger partial charge < -0.3 is 24.1 Å². The van der Waals surface area contributed by atoms with Gasteiger partial charge in [-0.1, -0.05) is 11.2 Å². The molecule has 0 radical (unpaired) electrons. The second-order valence-electron chi connectivity index (χ2n) is 7.59. The van der Waals surface area contributed by atoms with Crippen molar-refractivity contribution in [3.8, 4) is 22.9 Å². The standard InChI is InChI=1S/C22H25N5O4/c1-28-11-9-24-20-16(4-2-8-23-20)21-25-22(31-26-21)17-5-3-10-27(17)13-15-6-7-18-19(12-15)30-14-29-18/h2,4,6-8,12,17H,3,5,9-11,13-14H2,1H3,(H,23,24). The van der Waals surface area contributed by atoms with Gasteiger partial charge in [-0.2, -0.15) is 4.98 Å². The molecule has 1 saturated heterocycles. The lowest BCUT2D eigenvalue weighted by molar-refractivity contribution is 0.173. The lowest BCUT2D eigenvalue weighted by atomic mass is 10.1. The van der Waals surface area contributed by atoms with Crippen LogP contribution in [0.3, 0.4) is 0 Å². The van der Waals surface area contributed by atoms with Gasteiger partial charge in [-0.25, -0.2) is 4.98 Å². The molecule has 9 heteroatoms. The maximum absolute atomic E-state index is 5.70. The monoisotopic (exact) mass is 423 g/mol. The summed E-state index contributed by atoms with van der Waals surface area (Å²) in [6.45, 7) is 3.29. The Kier molecular flexibility index (Phi) is 5.68. The predicted molar refractivity (Wildman–Crippen MR) is 113 cm³/mol. The summed E-state index contributed by atoms with van der Waals surface area (Å²) >= 11 is 0. The Morgan fingerprint density at radius 2 is 2.16 bits per heavy atom. The van der Waals surface area contributed by atoms with Crippen LogP contribution in [0.25, 0.3) is 11.4 Å². The van der Waals surface area contributed by atoms with E-state index in [0.29, 0.717) is 24.9 Å². The summed E-state index contributed by atoms with van der Waals surface area (Å²) < 4.78 is 21.7. The van der Waals surface area contributed by atoms with Gasteiger partial charge in [-0.05, 0) is 49.2 Å². The number of nitrogens with one attached hydrogen (secondary N) is 1. The van der Waals surface area contributed by atoms with E-state index in [0.717, 1.165) is 48.8 Å². The van der Waals surface area contributed by atoms with Crippen molar-refractivity contribution in [3.05, 3.63) is 48.0 Å². The van der Waals surface area contributed by atoms with E-state index in [4.69, 9.17) is 23.7 Å². The van der Waals surface area contributed by atoms with Crippen molar-refractivity contribution in [1.29, 1.82) is 0 Å². The molecule has 0 bridgehead atoms. The normalized spacial score (nSPS) is 17.9. The molecule has 2 aliphatic heterocycles. The smallest absolute Gasteiger partial charge is 0.244 e. The molecule has 1 unspecified atom stereocenters. The molecule has 0 spiro atoms. The molecule has 31 heavy (non-hydrogen) atoms. The zero-order valence-corrected chi connectivity index (χ0v) is 17.4. The number of pyridine rings is 1. The fraction of sp³-hybridized carbons (Fsp3) is 0.409. The largest absolute Gasteiger partial charge is 0.454 e. The lowest BCUT2D eigenvalue weighted by Gasteiger charge is -2.21. The van der Waals surface area contributed by atoms with Gasteiger partial charge in [-0.15, -0.1) is 0 Å². The summed E-state index contributed by atoms with van der Waals surface area (Å²) in [6, 6.07) is 9.99. The third-order valence-corrected chi connectivity index (χ3v) is 5.56. The maximum Gasteiger partial charge on any atom is 0.244 e. The van der Waals surface area contributed by atoms with Crippen LogP contribution in [-0.4, -0.2) is 53.6 Å². The third kappa shape index (κ3) is 4.19. The molecule has 4 heterocycles. The number of rotatable bonds is 8. The summed E-state index contributed by atoms with van der Waals surface area (Å²) in [5.74, 6) is 3.50. The molecule has 1 aromatic carbocycles. The van der Waals surface area contributed by atoms with Crippen LogP contribution in [0.15, 0.2) is 41.1 Å². The highest BCUT2D eigenvalue weighted by atomic mass is 16.7. The Hall–Kier alpha value is -3.17. The number of ether oxygens (including phenoxy) is 3. The first-order chi connectivity index (χ1) is 15.3. The lowest BCUT2D eigenvalue weighted by Crippen LogP contribution is -2.23. The van der Waals surface area contributed by atoms with Crippen LogP contribution in [0.5, 0.6) is 11.5 Å². The van der Waals surface area contributed by atoms with Crippen molar-refractivity contribution in [2.24, 2.45) is 0 Å². The van der Waals surface area contributed by atoms with Crippen molar-refractivity contribution in [2.45, 2.75) is 25.4 Å². The molecule has 9 nitrogen and oxygen atoms in total. The van der Waals surface area contributed by atoms with Crippen LogP contribution >= 0.6 is 0 Å². The minimum atomic E-state index is 0.0910. The zero-order chi connectivity index (χ0) is 21.0. The first kappa shape index (κ1) is 19.8. The van der Waals surface area contributed by atoms with Gasteiger partial charge in [0.05, 0.1) is 18.2 Å². The van der Waals surface area contributed by atoms with Crippen molar-refractivity contribution >= 4 is 5.82 Å². The van der Waals surface area contributed by atoms with Gasteiger partial charge in [0, 0.05) is 26.4 Å². The average Bonchev–Trinajstić information content (AvgIpc) is 3.54. The van der Waals surface area contributed by atoms with E-state index in [1.807, 2.05) is 24.3 Å². The molecule has 2 aliphatic rings. The maximum atomic E-state index is 5.70. The molecule has 3 aromatic rings. The molecule has 2 aromatic heterocycles. The van der Waals surface area contributed by atoms with Gasteiger partial charge in [0.2, 0.25) is 18.5 Å². The van der Waals surface area contributed by atoms with E-state index < -0.39 is 0 Å². The molecule has 0 saturated carbocycles. The van der Waals surface area contributed by atoms with Crippen LogP contribution in [-0.2, 0) is 11.3 Å². The van der Waals surface area contributed by atoms with Crippen LogP contribution in [0.4, 0.5) is 5.82 Å². The van der Waals surface area contributed by atoms with Gasteiger partial charge in [0.25, 0.3) is 0 Å². The predicted octanol–water partition coefficient (Wildman–Crippen LogP) is 3.26. The summed E-state index contributed by atoms with van der Waals surface area (Å²) in [4.78, 5) is 11.5. The van der Waals surface area contributed by atoms with E-state index in [1.54, 1.807) is 13.3 Å². The minimum Gasteiger partial charge on any atom is -0.454 e. The molecule has 0 aliphatic carbocycles. The molecule has 1 atom stereocenters. The van der Waals surface area contributed by atoms with E-state index >= 15 is 0 Å². The summed E-state index contributed by atoms with van der Waals surface area (Å²) in [5.41, 5.74) is 1.99. The van der Waals surface area contributed by atoms with Gasteiger partial charge in [0.1, 0.15) is 5.82 Å². The molecule has 162 valence electrons. The van der Waals surface area contributed by atoms with Crippen LogP contribution < -0.4 is 14.8 Å². The van der Waals surface area contributed by atoms with Crippen molar-refractivity contribution in [2.75, 3.05) is 38.9 Å². The van der Waals surface area contributed by atoms with Gasteiger partial charge in [0.15, 0.2) is 11.5 Å². The number of methoxy groups -OCH3 is 1. The average molecular weight is 423 g/mol. The minimum absolute atomic E-state index is 0.0910. The zero-order valence-electron chi connectivity index (χ0n) is 17.4. The fourth-order valence-electron chi connectivity index (χ4n) is 4.05. The SMILES string of the molecule is COCCNc1ncccc1-c1noc(C2CCCN2Cc2ccc3c(c2)OCO3)n1. The number of hydrogen-bond acceptors (Lipinski definition) is 9. The van der Waals surface area contributed by atoms with Crippen LogP contribution in [0.1, 0.15) is 30.3 Å². The second-order valence-corrected chi connectivity index (χ2v) is 7.59. The Morgan fingerprint density at radius 3 is 3.10 bits per heavy atom. The highest BCUT2D eigenvalue weighted by molar-refractivity contribution is 5.69. The van der Waals surface area contributed by atoms with Crippen molar-refractivity contribution in [3.63, 3.8) is 0 Å². The van der Waals surface area contributed by atoms with Gasteiger partial charge in [-0.3, -0.25) is 4.90 Å². The number of likely N-dealkylation sites (tertiary alicyclic amines) is 1. The molecular weight excluding hydrogens is 398 g/mol. The number of anilines is 1. The summed E-state index contributed by atoms with van der Waals surface area (Å²) in [7, 11) is 1.67. The van der Waals surface area contributed by atoms with E-state index in [9.17, 15) is 0 Å². The first-order valence-electron chi connectivity index (χ1n) is 10.5. The number of nitrogens with zero attached hydrogens (tertiary/aromatic N) is 4. The quantitative estimate of drug-likeness (QED) is 0.548. The Morgan fingerprint density at radius 1 is 1.23 bits per heavy atom. The van der Waals surface area contributed by atoms with Crippen molar-refractivity contribution in [1.82, 2.24) is 20.0 Å². The Bertz CT molecular complexity index is 1040. The molecule has 5 rings (SSSR count). The van der Waals surface area contributed by atoms with Crippen LogP contribution in [0.2, 0.25) is 0 Å². The number of hydrogen-bond donors (Lipinski definition) is 1. The topological polar surface area (TPSA) is 94.8 Å². The highest BCUT2D eigenvalue weighted by Crippen LogP contribution is 2.36. The third-order valence-electron chi connectivity index (χ3n) is 5.56. The Balaban J connectivity index is 1.32. The van der Waals surface area contributed by atoms with E-state index in [1.165, 1.54) is 5.56 Å². The molecule has 1 N–H and O–H groups in total. The number of fused-ring (bicyclic) bond motifs is 1. The molecular formula is C22H25N5O4. The Labute approximate surface area is 180 Å². The van der Waals surface area contributed by atoms with Crippen LogP contribution in [0, 0.1) is 0 Å².